The standard InChI is InChI=1S/C54H48N4O2/c1-53(2,3)39-29-30-55-49(32-39)58-46-26-14-13-23-44(46)45-28-27-41(33-47(45)58)60-40-22-15-21-38(31-40)48-34-59-52-51(57(35-56(48)52)54(4,5)6)50-42(36-17-9-7-10-18-36)24-16-25-43(50)37-19-11-8-12-20-37/h7-34H,35H2,1-6H3. The first-order chi connectivity index (χ1) is 29.0. The van der Waals surface area contributed by atoms with Crippen LogP contribution < -0.4 is 4.74 Å². The maximum atomic E-state index is 6.72. The highest BCUT2D eigenvalue weighted by atomic mass is 16.5. The van der Waals surface area contributed by atoms with Gasteiger partial charge in [-0.3, -0.25) is 9.47 Å². The molecule has 60 heavy (non-hydrogen) atoms. The molecule has 0 N–H and O–H groups in total. The Morgan fingerprint density at radius 3 is 1.92 bits per heavy atom. The fraction of sp³-hybridized carbons (Fsp3) is 0.167. The van der Waals surface area contributed by atoms with Crippen LogP contribution in [0.2, 0.25) is 0 Å². The average Bonchev–Trinajstić information content (AvgIpc) is 3.94. The summed E-state index contributed by atoms with van der Waals surface area (Å²) in [6.45, 7) is 14.2. The molecule has 0 saturated carbocycles. The topological polar surface area (TPSA) is 42.8 Å². The van der Waals surface area contributed by atoms with Crippen molar-refractivity contribution in [2.24, 2.45) is 0 Å². The number of hydrogen-bond donors (Lipinski definition) is 0. The van der Waals surface area contributed by atoms with Crippen LogP contribution in [0.1, 0.15) is 58.2 Å². The number of nitrogens with zero attached hydrogens (tertiary/aromatic N) is 4. The summed E-state index contributed by atoms with van der Waals surface area (Å²) in [6, 6.07) is 55.5. The molecule has 6 heteroatoms. The fourth-order valence-electron chi connectivity index (χ4n) is 8.66. The zero-order chi connectivity index (χ0) is 41.2. The highest BCUT2D eigenvalue weighted by Crippen LogP contribution is 2.49. The van der Waals surface area contributed by atoms with Gasteiger partial charge < -0.3 is 14.4 Å². The SMILES string of the molecule is CC(C)(C)c1ccnc(-n2c3ccccc3c3ccc(Oc4cccc(C5=COC6=C(c7c(-c8ccccc8)cccc7-c7ccccc7)N(C(C)(C)C)CN56)c4)cc32)c1. The quantitative estimate of drug-likeness (QED) is 0.161. The summed E-state index contributed by atoms with van der Waals surface area (Å²) in [5, 5.41) is 2.33. The number of fused-ring (bicyclic) bond motifs is 4. The first-order valence-electron chi connectivity index (χ1n) is 20.7. The van der Waals surface area contributed by atoms with Crippen LogP contribution in [0, 0.1) is 0 Å². The van der Waals surface area contributed by atoms with Crippen LogP contribution in [0.25, 0.3) is 61.3 Å². The number of pyridine rings is 1. The van der Waals surface area contributed by atoms with E-state index in [1.54, 1.807) is 0 Å². The lowest BCUT2D eigenvalue weighted by Crippen LogP contribution is -2.40. The first-order valence-corrected chi connectivity index (χ1v) is 20.7. The van der Waals surface area contributed by atoms with E-state index in [0.717, 1.165) is 84.4 Å². The molecule has 4 heterocycles. The number of hydrogen-bond acceptors (Lipinski definition) is 5. The molecule has 0 unspecified atom stereocenters. The van der Waals surface area contributed by atoms with Crippen LogP contribution in [-0.2, 0) is 10.2 Å². The Bertz CT molecular complexity index is 2930. The van der Waals surface area contributed by atoms with Crippen LogP contribution in [0.15, 0.2) is 176 Å². The summed E-state index contributed by atoms with van der Waals surface area (Å²) in [5.41, 5.74) is 12.0. The average molecular weight is 785 g/mol. The molecule has 0 amide bonds. The number of aromatic nitrogens is 2. The molecule has 10 rings (SSSR count). The van der Waals surface area contributed by atoms with Crippen molar-refractivity contribution < 1.29 is 9.47 Å². The van der Waals surface area contributed by atoms with Gasteiger partial charge in [-0.05, 0) is 96.5 Å². The summed E-state index contributed by atoms with van der Waals surface area (Å²) in [6.07, 6.45) is 3.81. The van der Waals surface area contributed by atoms with E-state index in [1.807, 2.05) is 18.5 Å². The maximum absolute atomic E-state index is 6.72. The van der Waals surface area contributed by atoms with Gasteiger partial charge in [0.25, 0.3) is 0 Å². The molecule has 2 aromatic heterocycles. The van der Waals surface area contributed by atoms with Gasteiger partial charge in [-0.1, -0.05) is 130 Å². The highest BCUT2D eigenvalue weighted by molar-refractivity contribution is 6.09. The zero-order valence-electron chi connectivity index (χ0n) is 35.0. The van der Waals surface area contributed by atoms with Crippen LogP contribution >= 0.6 is 0 Å². The number of rotatable bonds is 7. The third-order valence-corrected chi connectivity index (χ3v) is 11.7. The van der Waals surface area contributed by atoms with Gasteiger partial charge in [0.15, 0.2) is 0 Å². The second-order valence-electron chi connectivity index (χ2n) is 17.7. The molecular weight excluding hydrogens is 737 g/mol. The predicted molar refractivity (Wildman–Crippen MR) is 245 cm³/mol. The minimum atomic E-state index is -0.214. The van der Waals surface area contributed by atoms with Crippen LogP contribution in [0.5, 0.6) is 11.5 Å². The Morgan fingerprint density at radius 1 is 0.583 bits per heavy atom. The van der Waals surface area contributed by atoms with Crippen molar-refractivity contribution in [1.29, 1.82) is 0 Å². The number of benzene rings is 6. The molecule has 0 fully saturated rings. The lowest BCUT2D eigenvalue weighted by Gasteiger charge is -2.37. The summed E-state index contributed by atoms with van der Waals surface area (Å²) in [7, 11) is 0. The van der Waals surface area contributed by atoms with E-state index in [9.17, 15) is 0 Å². The van der Waals surface area contributed by atoms with Crippen molar-refractivity contribution in [1.82, 2.24) is 19.4 Å². The zero-order valence-corrected chi connectivity index (χ0v) is 35.0. The largest absolute Gasteiger partial charge is 0.457 e. The molecule has 0 bridgehead atoms. The molecule has 0 saturated heterocycles. The molecule has 0 radical (unpaired) electrons. The molecule has 0 aliphatic carbocycles. The van der Waals surface area contributed by atoms with Crippen molar-refractivity contribution in [2.45, 2.75) is 52.5 Å². The molecule has 0 atom stereocenters. The van der Waals surface area contributed by atoms with E-state index in [-0.39, 0.29) is 11.0 Å². The van der Waals surface area contributed by atoms with Gasteiger partial charge in [0, 0.05) is 39.7 Å². The second kappa shape index (κ2) is 14.3. The predicted octanol–water partition coefficient (Wildman–Crippen LogP) is 13.6. The highest BCUT2D eigenvalue weighted by Gasteiger charge is 2.43. The molecule has 2 aliphatic rings. The van der Waals surface area contributed by atoms with Gasteiger partial charge in [0.1, 0.15) is 29.3 Å². The summed E-state index contributed by atoms with van der Waals surface area (Å²) in [5.74, 6) is 3.21. The second-order valence-corrected chi connectivity index (χ2v) is 17.7. The van der Waals surface area contributed by atoms with E-state index < -0.39 is 0 Å². The van der Waals surface area contributed by atoms with Crippen molar-refractivity contribution in [3.63, 3.8) is 0 Å². The van der Waals surface area contributed by atoms with Gasteiger partial charge in [0.2, 0.25) is 5.88 Å². The Morgan fingerprint density at radius 2 is 1.22 bits per heavy atom. The van der Waals surface area contributed by atoms with E-state index in [0.29, 0.717) is 6.67 Å². The number of ether oxygens (including phenoxy) is 2. The molecular formula is C54H48N4O2. The van der Waals surface area contributed by atoms with Gasteiger partial charge >= 0.3 is 0 Å². The van der Waals surface area contributed by atoms with Crippen LogP contribution in [0.3, 0.4) is 0 Å². The van der Waals surface area contributed by atoms with Gasteiger partial charge in [0.05, 0.1) is 23.4 Å². The number of para-hydroxylation sites is 1. The van der Waals surface area contributed by atoms with Crippen LogP contribution in [-0.4, -0.2) is 31.6 Å². The van der Waals surface area contributed by atoms with Crippen molar-refractivity contribution >= 4 is 33.2 Å². The Hall–Kier alpha value is -7.05. The van der Waals surface area contributed by atoms with Crippen molar-refractivity contribution in [3.05, 3.63) is 193 Å². The minimum Gasteiger partial charge on any atom is -0.457 e. The normalized spacial score (nSPS) is 14.2. The summed E-state index contributed by atoms with van der Waals surface area (Å²) < 4.78 is 15.7. The lowest BCUT2D eigenvalue weighted by molar-refractivity contribution is 0.188. The fourth-order valence-corrected chi connectivity index (χ4v) is 8.66. The van der Waals surface area contributed by atoms with Gasteiger partial charge in [-0.25, -0.2) is 4.98 Å². The molecule has 2 aliphatic heterocycles. The molecule has 296 valence electrons. The molecule has 6 aromatic carbocycles. The monoisotopic (exact) mass is 784 g/mol. The Balaban J connectivity index is 1.03. The van der Waals surface area contributed by atoms with E-state index >= 15 is 0 Å². The van der Waals surface area contributed by atoms with E-state index in [2.05, 4.69) is 208 Å². The van der Waals surface area contributed by atoms with E-state index in [4.69, 9.17) is 14.5 Å². The minimum absolute atomic E-state index is 0.00842. The van der Waals surface area contributed by atoms with Crippen molar-refractivity contribution in [2.75, 3.05) is 6.67 Å². The molecule has 6 nitrogen and oxygen atoms in total. The van der Waals surface area contributed by atoms with Gasteiger partial charge in [-0.15, -0.1) is 0 Å². The summed E-state index contributed by atoms with van der Waals surface area (Å²) in [4.78, 5) is 9.65. The van der Waals surface area contributed by atoms with Crippen LogP contribution in [0.4, 0.5) is 0 Å². The third-order valence-electron chi connectivity index (χ3n) is 11.7. The molecule has 0 spiro atoms. The van der Waals surface area contributed by atoms with Gasteiger partial charge in [-0.2, -0.15) is 0 Å². The molecule has 8 aromatic rings. The van der Waals surface area contributed by atoms with Crippen molar-refractivity contribution in [3.8, 4) is 39.6 Å². The third kappa shape index (κ3) is 6.49. The van der Waals surface area contributed by atoms with E-state index in [1.165, 1.54) is 10.9 Å². The lowest BCUT2D eigenvalue weighted by atomic mass is 9.88. The smallest absolute Gasteiger partial charge is 0.225 e. The first kappa shape index (κ1) is 37.2. The Labute approximate surface area is 352 Å². The summed E-state index contributed by atoms with van der Waals surface area (Å²) >= 11 is 0. The maximum Gasteiger partial charge on any atom is 0.225 e. The Kier molecular flexibility index (Phi) is 8.90.